The van der Waals surface area contributed by atoms with Crippen molar-refractivity contribution in [2.24, 2.45) is 0 Å². The number of hydrogen-bond acceptors (Lipinski definition) is 11. The quantitative estimate of drug-likeness (QED) is 0.0228. The van der Waals surface area contributed by atoms with Crippen LogP contribution in [0.3, 0.4) is 0 Å². The fourth-order valence-corrected chi connectivity index (χ4v) is 10.1. The van der Waals surface area contributed by atoms with Crippen LogP contribution in [0.4, 0.5) is 0 Å². The Morgan fingerprint density at radius 3 is 1.17 bits per heavy atom. The van der Waals surface area contributed by atoms with E-state index in [1.54, 1.807) is 0 Å². The van der Waals surface area contributed by atoms with Crippen molar-refractivity contribution in [3.63, 3.8) is 0 Å². The van der Waals surface area contributed by atoms with E-state index in [1.165, 1.54) is 161 Å². The van der Waals surface area contributed by atoms with Gasteiger partial charge in [0.25, 0.3) is 0 Å². The molecule has 12 nitrogen and oxygen atoms in total. The maximum Gasteiger partial charge on any atom is 0.335 e. The molecule has 0 spiro atoms. The number of allylic oxidation sites excluding steroid dienone is 10. The number of aliphatic hydroxyl groups is 2. The highest BCUT2D eigenvalue weighted by Gasteiger charge is 2.50. The van der Waals surface area contributed by atoms with Gasteiger partial charge in [0.2, 0.25) is 0 Å². The number of hydrogen-bond donors (Lipinski definition) is 3. The van der Waals surface area contributed by atoms with Crippen LogP contribution < -0.4 is 0 Å². The number of rotatable bonds is 57. The van der Waals surface area contributed by atoms with E-state index in [-0.39, 0.29) is 25.9 Å². The summed E-state index contributed by atoms with van der Waals surface area (Å²) in [5.74, 6) is -3.17. The first kappa shape index (κ1) is 75.4. The first-order valence-electron chi connectivity index (χ1n) is 33.3. The molecule has 0 amide bonds. The molecule has 12 heteroatoms. The minimum Gasteiger partial charge on any atom is -0.479 e. The van der Waals surface area contributed by atoms with E-state index in [4.69, 9.17) is 23.7 Å². The summed E-state index contributed by atoms with van der Waals surface area (Å²) in [5, 5.41) is 31.6. The summed E-state index contributed by atoms with van der Waals surface area (Å²) < 4.78 is 28.5. The fraction of sp³-hybridized carbons (Fsp3) is 0.797. The van der Waals surface area contributed by atoms with Gasteiger partial charge in [-0.25, -0.2) is 4.79 Å². The second kappa shape index (κ2) is 56.9. The van der Waals surface area contributed by atoms with Crippen LogP contribution in [0.5, 0.6) is 0 Å². The molecule has 1 aliphatic rings. The van der Waals surface area contributed by atoms with Crippen LogP contribution in [-0.4, -0.2) is 89.2 Å². The van der Waals surface area contributed by atoms with Crippen molar-refractivity contribution in [2.45, 2.75) is 340 Å². The van der Waals surface area contributed by atoms with Gasteiger partial charge in [0.05, 0.1) is 6.61 Å². The zero-order valence-corrected chi connectivity index (χ0v) is 51.8. The van der Waals surface area contributed by atoms with Crippen LogP contribution in [0.1, 0.15) is 303 Å². The van der Waals surface area contributed by atoms with E-state index in [2.05, 4.69) is 75.5 Å². The van der Waals surface area contributed by atoms with E-state index < -0.39 is 67.3 Å². The second-order valence-electron chi connectivity index (χ2n) is 22.7. The minimum atomic E-state index is -1.91. The number of carboxylic acids is 1. The van der Waals surface area contributed by atoms with Gasteiger partial charge in [-0.1, -0.05) is 287 Å². The lowest BCUT2D eigenvalue weighted by Crippen LogP contribution is -2.61. The Kier molecular flexibility index (Phi) is 53.0. The van der Waals surface area contributed by atoms with Crippen LogP contribution >= 0.6 is 0 Å². The SMILES string of the molecule is CC/C=C\C/C=C\C/C=C\C/C=C\C/C=C\CCCC(=O)OCC(COC1OC(C(=O)O)C(O)C(O)C1OC(=O)CCCCCCCCCCCCCCCCCCC)OC(=O)CCCCCCCCCCCCCCCCCCC. The Labute approximate surface area is 494 Å². The maximum absolute atomic E-state index is 13.2. The van der Waals surface area contributed by atoms with Crippen LogP contribution in [0.25, 0.3) is 0 Å². The predicted octanol–water partition coefficient (Wildman–Crippen LogP) is 17.9. The average Bonchev–Trinajstić information content (AvgIpc) is 3.53. The minimum absolute atomic E-state index is 0.0592. The molecule has 0 saturated carbocycles. The highest BCUT2D eigenvalue weighted by Crippen LogP contribution is 2.27. The number of aliphatic hydroxyl groups excluding tert-OH is 2. The third-order valence-corrected chi connectivity index (χ3v) is 15.1. The molecule has 6 atom stereocenters. The zero-order chi connectivity index (χ0) is 58.9. The largest absolute Gasteiger partial charge is 0.479 e. The van der Waals surface area contributed by atoms with Crippen molar-refractivity contribution in [3.8, 4) is 0 Å². The highest BCUT2D eigenvalue weighted by atomic mass is 16.7. The van der Waals surface area contributed by atoms with Crippen molar-refractivity contribution in [2.75, 3.05) is 13.2 Å². The number of esters is 3. The number of carboxylic acid groups (broad SMARTS) is 1. The van der Waals surface area contributed by atoms with Gasteiger partial charge in [-0.05, 0) is 57.8 Å². The van der Waals surface area contributed by atoms with Crippen LogP contribution in [0, 0.1) is 0 Å². The molecule has 1 rings (SSSR count). The Bertz CT molecular complexity index is 1640. The first-order chi connectivity index (χ1) is 39.6. The lowest BCUT2D eigenvalue weighted by molar-refractivity contribution is -0.301. The molecule has 1 fully saturated rings. The first-order valence-corrected chi connectivity index (χ1v) is 33.3. The average molecular weight is 1140 g/mol. The fourth-order valence-electron chi connectivity index (χ4n) is 10.1. The van der Waals surface area contributed by atoms with Crippen molar-refractivity contribution in [1.82, 2.24) is 0 Å². The highest BCUT2D eigenvalue weighted by molar-refractivity contribution is 5.74. The monoisotopic (exact) mass is 1140 g/mol. The number of carbonyl (C=O) groups is 4. The van der Waals surface area contributed by atoms with Crippen LogP contribution in [0.15, 0.2) is 60.8 Å². The molecule has 0 radical (unpaired) electrons. The van der Waals surface area contributed by atoms with Gasteiger partial charge in [-0.3, -0.25) is 14.4 Å². The van der Waals surface area contributed by atoms with Crippen molar-refractivity contribution in [1.29, 1.82) is 0 Å². The van der Waals surface area contributed by atoms with Gasteiger partial charge in [-0.2, -0.15) is 0 Å². The van der Waals surface area contributed by atoms with Gasteiger partial charge in [0.1, 0.15) is 18.8 Å². The van der Waals surface area contributed by atoms with E-state index in [0.717, 1.165) is 77.0 Å². The Hall–Kier alpha value is -3.58. The molecule has 81 heavy (non-hydrogen) atoms. The summed E-state index contributed by atoms with van der Waals surface area (Å²) in [6.07, 6.45) is 59.0. The molecular weight excluding hydrogens is 1020 g/mol. The van der Waals surface area contributed by atoms with Crippen molar-refractivity contribution < 1.29 is 58.2 Å². The van der Waals surface area contributed by atoms with Gasteiger partial charge in [0, 0.05) is 19.3 Å². The van der Waals surface area contributed by atoms with Gasteiger partial charge < -0.3 is 39.0 Å². The third kappa shape index (κ3) is 46.5. The molecule has 0 bridgehead atoms. The maximum atomic E-state index is 13.2. The molecule has 468 valence electrons. The number of aliphatic carboxylic acids is 1. The van der Waals surface area contributed by atoms with E-state index in [9.17, 15) is 34.5 Å². The molecule has 0 aromatic rings. The topological polar surface area (TPSA) is 175 Å². The Morgan fingerprint density at radius 2 is 0.778 bits per heavy atom. The lowest BCUT2D eigenvalue weighted by atomic mass is 9.98. The summed E-state index contributed by atoms with van der Waals surface area (Å²) in [7, 11) is 0. The molecule has 1 heterocycles. The van der Waals surface area contributed by atoms with Crippen LogP contribution in [0.2, 0.25) is 0 Å². The van der Waals surface area contributed by atoms with Gasteiger partial charge in [0.15, 0.2) is 24.6 Å². The molecule has 0 aromatic heterocycles. The molecule has 0 aliphatic carbocycles. The molecule has 1 saturated heterocycles. The third-order valence-electron chi connectivity index (χ3n) is 15.1. The molecule has 0 aromatic carbocycles. The normalized spacial score (nSPS) is 18.1. The Balaban J connectivity index is 2.67. The van der Waals surface area contributed by atoms with E-state index in [0.29, 0.717) is 25.7 Å². The second-order valence-corrected chi connectivity index (χ2v) is 22.7. The standard InChI is InChI=1S/C69H120O12/c1-4-7-10-13-16-19-22-25-28-31-34-37-40-43-46-49-52-55-61(70)77-58-60(79-62(71)56-53-50-47-44-41-38-35-32-29-26-23-20-17-14-11-8-5-2)59-78-69-67(65(74)64(73)66(81-69)68(75)76)80-63(72)57-54-51-48-45-42-39-36-33-30-27-24-21-18-15-12-9-6-3/h7,10,16,19,25,28,34,37,43,46,60,64-67,69,73-74H,4-6,8-9,11-15,17-18,20-24,26-27,29-33,35-36,38-42,44-45,47-59H2,1-3H3,(H,75,76)/b10-7-,19-16-,28-25-,37-34-,46-43-. The Morgan fingerprint density at radius 1 is 0.420 bits per heavy atom. The van der Waals surface area contributed by atoms with Gasteiger partial charge >= 0.3 is 23.9 Å². The summed E-state index contributed by atoms with van der Waals surface area (Å²) in [4.78, 5) is 51.3. The summed E-state index contributed by atoms with van der Waals surface area (Å²) >= 11 is 0. The smallest absolute Gasteiger partial charge is 0.335 e. The van der Waals surface area contributed by atoms with Crippen molar-refractivity contribution >= 4 is 23.9 Å². The molecular formula is C69H120O12. The molecule has 3 N–H and O–H groups in total. The summed E-state index contributed by atoms with van der Waals surface area (Å²) in [6, 6.07) is 0. The predicted molar refractivity (Wildman–Crippen MR) is 331 cm³/mol. The van der Waals surface area contributed by atoms with Crippen molar-refractivity contribution in [3.05, 3.63) is 60.8 Å². The molecule has 1 aliphatic heterocycles. The molecule has 6 unspecified atom stereocenters. The summed E-state index contributed by atoms with van der Waals surface area (Å²) in [5.41, 5.74) is 0. The summed E-state index contributed by atoms with van der Waals surface area (Å²) in [6.45, 7) is 5.89. The van der Waals surface area contributed by atoms with Crippen LogP contribution in [-0.2, 0) is 42.9 Å². The number of ether oxygens (including phenoxy) is 5. The van der Waals surface area contributed by atoms with Gasteiger partial charge in [-0.15, -0.1) is 0 Å². The number of carbonyl (C=O) groups excluding carboxylic acids is 3. The number of unbranched alkanes of at least 4 members (excludes halogenated alkanes) is 33. The van der Waals surface area contributed by atoms with E-state index in [1.807, 2.05) is 6.08 Å². The lowest BCUT2D eigenvalue weighted by Gasteiger charge is -2.40. The zero-order valence-electron chi connectivity index (χ0n) is 51.8. The van der Waals surface area contributed by atoms with E-state index >= 15 is 0 Å².